The van der Waals surface area contributed by atoms with Crippen LogP contribution >= 0.6 is 0 Å². The van der Waals surface area contributed by atoms with Crippen LogP contribution in [0.15, 0.2) is 0 Å². The minimum absolute atomic E-state index is 0.819. The van der Waals surface area contributed by atoms with Crippen LogP contribution in [0, 0.1) is 0 Å². The van der Waals surface area contributed by atoms with Crippen LogP contribution in [0.2, 0.25) is 0 Å². The molecule has 5 N–H and O–H groups in total. The lowest BCUT2D eigenvalue weighted by atomic mass is 10.7. The SMILES string of the molecule is CCNCNCNCNCNC. The summed E-state index contributed by atoms with van der Waals surface area (Å²) < 4.78 is 0. The van der Waals surface area contributed by atoms with Crippen LogP contribution in [-0.4, -0.2) is 40.3 Å². The number of rotatable bonds is 9. The van der Waals surface area contributed by atoms with Gasteiger partial charge in [-0.25, -0.2) is 0 Å². The molecule has 0 spiro atoms. The van der Waals surface area contributed by atoms with Crippen LogP contribution in [0.3, 0.4) is 0 Å². The van der Waals surface area contributed by atoms with Crippen LogP contribution in [0.1, 0.15) is 6.92 Å². The van der Waals surface area contributed by atoms with Gasteiger partial charge in [0.1, 0.15) is 0 Å². The monoisotopic (exact) mass is 175 g/mol. The van der Waals surface area contributed by atoms with E-state index in [4.69, 9.17) is 0 Å². The van der Waals surface area contributed by atoms with Crippen LogP contribution < -0.4 is 26.6 Å². The maximum absolute atomic E-state index is 3.18. The van der Waals surface area contributed by atoms with E-state index >= 15 is 0 Å². The predicted octanol–water partition coefficient (Wildman–Crippen LogP) is -1.59. The van der Waals surface area contributed by atoms with Gasteiger partial charge in [0.25, 0.3) is 0 Å². The summed E-state index contributed by atoms with van der Waals surface area (Å²) in [6, 6.07) is 0. The van der Waals surface area contributed by atoms with Crippen molar-refractivity contribution in [3.8, 4) is 0 Å². The Labute approximate surface area is 74.7 Å². The molecule has 0 heterocycles. The Morgan fingerprint density at radius 1 is 0.750 bits per heavy atom. The third-order valence-corrected chi connectivity index (χ3v) is 1.30. The highest BCUT2D eigenvalue weighted by Crippen LogP contribution is 1.53. The summed E-state index contributed by atoms with van der Waals surface area (Å²) in [4.78, 5) is 0. The molecule has 0 aromatic carbocycles. The van der Waals surface area contributed by atoms with Crippen molar-refractivity contribution >= 4 is 0 Å². The maximum Gasteiger partial charge on any atom is 0.0474 e. The highest BCUT2D eigenvalue weighted by Gasteiger charge is 1.83. The molecule has 0 fully saturated rings. The maximum atomic E-state index is 3.18. The summed E-state index contributed by atoms with van der Waals surface area (Å²) in [6.07, 6.45) is 0. The van der Waals surface area contributed by atoms with E-state index in [9.17, 15) is 0 Å². The topological polar surface area (TPSA) is 60.1 Å². The van der Waals surface area contributed by atoms with Gasteiger partial charge in [-0.05, 0) is 13.6 Å². The van der Waals surface area contributed by atoms with Crippen molar-refractivity contribution in [1.82, 2.24) is 26.6 Å². The zero-order valence-corrected chi connectivity index (χ0v) is 8.04. The summed E-state index contributed by atoms with van der Waals surface area (Å²) in [5.41, 5.74) is 0. The molecule has 0 aliphatic carbocycles. The van der Waals surface area contributed by atoms with Crippen molar-refractivity contribution in [3.63, 3.8) is 0 Å². The summed E-state index contributed by atoms with van der Waals surface area (Å²) in [5.74, 6) is 0. The zero-order valence-electron chi connectivity index (χ0n) is 8.04. The van der Waals surface area contributed by atoms with Gasteiger partial charge in [0.15, 0.2) is 0 Å². The van der Waals surface area contributed by atoms with Gasteiger partial charge in [-0.15, -0.1) is 0 Å². The highest BCUT2D eigenvalue weighted by atomic mass is 15.2. The molecule has 0 aliphatic rings. The van der Waals surface area contributed by atoms with Crippen LogP contribution in [0.25, 0.3) is 0 Å². The molecular formula is C7H21N5. The van der Waals surface area contributed by atoms with Crippen molar-refractivity contribution in [1.29, 1.82) is 0 Å². The van der Waals surface area contributed by atoms with E-state index in [-0.39, 0.29) is 0 Å². The fourth-order valence-corrected chi connectivity index (χ4v) is 0.703. The van der Waals surface area contributed by atoms with Gasteiger partial charge in [-0.1, -0.05) is 6.92 Å². The van der Waals surface area contributed by atoms with Crippen molar-refractivity contribution in [2.24, 2.45) is 0 Å². The van der Waals surface area contributed by atoms with E-state index in [1.165, 1.54) is 0 Å². The van der Waals surface area contributed by atoms with Gasteiger partial charge in [-0.2, -0.15) is 0 Å². The first-order chi connectivity index (χ1) is 5.91. The van der Waals surface area contributed by atoms with E-state index in [0.717, 1.165) is 33.2 Å². The van der Waals surface area contributed by atoms with Crippen LogP contribution in [0.5, 0.6) is 0 Å². The van der Waals surface area contributed by atoms with E-state index in [0.29, 0.717) is 0 Å². The Kier molecular flexibility index (Phi) is 10.6. The zero-order chi connectivity index (χ0) is 9.07. The first-order valence-electron chi connectivity index (χ1n) is 4.39. The van der Waals surface area contributed by atoms with E-state index < -0.39 is 0 Å². The molecule has 0 aromatic heterocycles. The largest absolute Gasteiger partial charge is 0.308 e. The van der Waals surface area contributed by atoms with E-state index in [1.807, 2.05) is 7.05 Å². The Morgan fingerprint density at radius 2 is 1.25 bits per heavy atom. The minimum Gasteiger partial charge on any atom is -0.308 e. The van der Waals surface area contributed by atoms with Gasteiger partial charge >= 0.3 is 0 Å². The molecule has 0 saturated heterocycles. The smallest absolute Gasteiger partial charge is 0.0474 e. The second kappa shape index (κ2) is 10.8. The molecule has 0 aliphatic heterocycles. The van der Waals surface area contributed by atoms with Crippen LogP contribution in [-0.2, 0) is 0 Å². The van der Waals surface area contributed by atoms with Gasteiger partial charge in [0.2, 0.25) is 0 Å². The summed E-state index contributed by atoms with van der Waals surface area (Å²) >= 11 is 0. The van der Waals surface area contributed by atoms with Crippen molar-refractivity contribution in [2.45, 2.75) is 6.92 Å². The summed E-state index contributed by atoms with van der Waals surface area (Å²) in [7, 11) is 1.91. The van der Waals surface area contributed by atoms with Crippen molar-refractivity contribution < 1.29 is 0 Å². The Bertz CT molecular complexity index is 68.2. The van der Waals surface area contributed by atoms with E-state index in [1.54, 1.807) is 0 Å². The van der Waals surface area contributed by atoms with Crippen molar-refractivity contribution in [2.75, 3.05) is 40.3 Å². The highest BCUT2D eigenvalue weighted by molar-refractivity contribution is 4.44. The lowest BCUT2D eigenvalue weighted by molar-refractivity contribution is 0.503. The average Bonchev–Trinajstić information content (AvgIpc) is 2.10. The molecule has 74 valence electrons. The van der Waals surface area contributed by atoms with E-state index in [2.05, 4.69) is 33.5 Å². The minimum atomic E-state index is 0.819. The number of hydrogen-bond donors (Lipinski definition) is 5. The molecule has 0 aromatic rings. The molecular weight excluding hydrogens is 154 g/mol. The molecule has 0 amide bonds. The van der Waals surface area contributed by atoms with Gasteiger partial charge < -0.3 is 10.6 Å². The molecule has 0 bridgehead atoms. The average molecular weight is 175 g/mol. The molecule has 0 unspecified atom stereocenters. The number of nitrogens with one attached hydrogen (secondary N) is 5. The lowest BCUT2D eigenvalue weighted by Gasteiger charge is -2.07. The Hall–Kier alpha value is -0.200. The molecule has 5 heteroatoms. The third kappa shape index (κ3) is 9.80. The summed E-state index contributed by atoms with van der Waals surface area (Å²) in [5, 5.41) is 15.7. The van der Waals surface area contributed by atoms with Crippen LogP contribution in [0.4, 0.5) is 0 Å². The first-order valence-corrected chi connectivity index (χ1v) is 4.39. The summed E-state index contributed by atoms with van der Waals surface area (Å²) in [6.45, 7) is 6.42. The Morgan fingerprint density at radius 3 is 1.75 bits per heavy atom. The molecule has 0 rings (SSSR count). The molecule has 0 atom stereocenters. The van der Waals surface area contributed by atoms with Crippen molar-refractivity contribution in [3.05, 3.63) is 0 Å². The molecule has 12 heavy (non-hydrogen) atoms. The standard InChI is InChI=1S/C7H21N5/c1-3-9-5-11-7-12-6-10-4-8-2/h8-12H,3-7H2,1-2H3. The molecule has 5 nitrogen and oxygen atoms in total. The molecule has 0 saturated carbocycles. The quantitative estimate of drug-likeness (QED) is 0.216. The second-order valence-corrected chi connectivity index (χ2v) is 2.41. The first kappa shape index (κ1) is 11.8. The normalized spacial score (nSPS) is 10.5. The Balaban J connectivity index is 2.73. The predicted molar refractivity (Wildman–Crippen MR) is 51.6 cm³/mol. The fourth-order valence-electron chi connectivity index (χ4n) is 0.703. The van der Waals surface area contributed by atoms with Gasteiger partial charge in [-0.3, -0.25) is 16.0 Å². The number of hydrogen-bond acceptors (Lipinski definition) is 5. The lowest BCUT2D eigenvalue weighted by Crippen LogP contribution is -2.41. The van der Waals surface area contributed by atoms with Gasteiger partial charge in [0, 0.05) is 26.7 Å². The second-order valence-electron chi connectivity index (χ2n) is 2.41. The molecule has 0 radical (unpaired) electrons. The fraction of sp³-hybridized carbons (Fsp3) is 1.00. The van der Waals surface area contributed by atoms with Gasteiger partial charge in [0.05, 0.1) is 0 Å². The third-order valence-electron chi connectivity index (χ3n) is 1.30.